The summed E-state index contributed by atoms with van der Waals surface area (Å²) >= 11 is 0. The van der Waals surface area contributed by atoms with Crippen LogP contribution in [0.3, 0.4) is 0 Å². The molecule has 0 radical (unpaired) electrons. The SMILES string of the molecule is C1=C2Oc3cccc4oc5ccc6c7c5n(c34)C2c2c(n(-c3ccc4c(c3)C(c3ccccc3)(c3ccccc3)c3ccccc3-4)c3cccc(c3-[p+]27)n6-c2ccc3c(c2)C(c2ccccc2)(c2ccccc2)c2ccccc2-3)=C1. The van der Waals surface area contributed by atoms with Gasteiger partial charge in [0.2, 0.25) is 10.4 Å². The van der Waals surface area contributed by atoms with Crippen LogP contribution in [0.5, 0.6) is 5.75 Å². The zero-order valence-electron chi connectivity index (χ0n) is 43.1. The van der Waals surface area contributed by atoms with Crippen molar-refractivity contribution in [2.75, 3.05) is 0 Å². The molecule has 0 saturated heterocycles. The normalized spacial score (nSPS) is 16.1. The lowest BCUT2D eigenvalue weighted by molar-refractivity contribution is 0.352. The van der Waals surface area contributed by atoms with Gasteiger partial charge in [-0.3, -0.25) is 0 Å². The number of rotatable bonds is 6. The van der Waals surface area contributed by atoms with Crippen molar-refractivity contribution in [1.82, 2.24) is 13.7 Å². The number of nitrogens with zero attached hydrogens (tertiary/aromatic N) is 3. The molecule has 2 atom stereocenters. The van der Waals surface area contributed by atoms with Crippen molar-refractivity contribution in [1.29, 1.82) is 0 Å². The van der Waals surface area contributed by atoms with E-state index in [4.69, 9.17) is 9.15 Å². The summed E-state index contributed by atoms with van der Waals surface area (Å²) in [6.45, 7) is 0. The van der Waals surface area contributed by atoms with Gasteiger partial charge in [0.05, 0.1) is 32.7 Å². The van der Waals surface area contributed by atoms with Gasteiger partial charge < -0.3 is 22.9 Å². The van der Waals surface area contributed by atoms with Crippen molar-refractivity contribution in [2.45, 2.75) is 16.9 Å². The minimum absolute atomic E-state index is 0.183. The Morgan fingerprint density at radius 3 is 1.48 bits per heavy atom. The standard InChI is InChI=1S/C74H45N3O2P/c1-5-19-45(20-6-1)73(46-21-7-2-8-22-46)55-29-15-13-27-51(55)53-37-35-49(43-57(53)73)75-59-31-17-32-60-70(59)80-71-61(75)39-41-65-68(71)77-67-63(78-65)33-18-34-64(67)79-66-42-40-62(72(80)69(66)77)76(60)50-36-38-54-52-28-14-16-30-56(52)74(58(54)44-50,47-23-9-3-10-24-47)48-25-11-4-12-26-48/h1-44,68H/q+1. The van der Waals surface area contributed by atoms with Crippen molar-refractivity contribution < 1.29 is 9.15 Å². The maximum Gasteiger partial charge on any atom is 0.206 e. The first kappa shape index (κ1) is 43.1. The first-order valence-corrected chi connectivity index (χ1v) is 29.0. The van der Waals surface area contributed by atoms with E-state index in [9.17, 15) is 0 Å². The van der Waals surface area contributed by atoms with Crippen molar-refractivity contribution in [3.05, 3.63) is 322 Å². The van der Waals surface area contributed by atoms with Gasteiger partial charge in [-0.25, -0.2) is 0 Å². The number of hydrogen-bond donors (Lipinski definition) is 0. The first-order chi connectivity index (χ1) is 39.7. The van der Waals surface area contributed by atoms with Gasteiger partial charge in [-0.1, -0.05) is 194 Å². The molecule has 80 heavy (non-hydrogen) atoms. The predicted octanol–water partition coefficient (Wildman–Crippen LogP) is 17.5. The highest BCUT2D eigenvalue weighted by molar-refractivity contribution is 7.64. The summed E-state index contributed by atoms with van der Waals surface area (Å²) in [5.41, 5.74) is 23.6. The van der Waals surface area contributed by atoms with E-state index in [0.717, 1.165) is 45.1 Å². The molecular weight excluding hydrogens is 994 g/mol. The zero-order chi connectivity index (χ0) is 52.0. The van der Waals surface area contributed by atoms with Crippen LogP contribution in [0, 0.1) is 0 Å². The highest BCUT2D eigenvalue weighted by atomic mass is 31.1. The Hall–Kier alpha value is -9.93. The lowest BCUT2D eigenvalue weighted by Crippen LogP contribution is -2.35. The van der Waals surface area contributed by atoms with Crippen molar-refractivity contribution in [2.24, 2.45) is 0 Å². The van der Waals surface area contributed by atoms with Crippen molar-refractivity contribution in [3.63, 3.8) is 0 Å². The number of hydrogen-bond acceptors (Lipinski definition) is 2. The quantitative estimate of drug-likeness (QED) is 0.123. The third-order valence-electron chi connectivity index (χ3n) is 18.5. The lowest BCUT2D eigenvalue weighted by Gasteiger charge is -2.36. The Morgan fingerprint density at radius 1 is 0.388 bits per heavy atom. The van der Waals surface area contributed by atoms with Gasteiger partial charge in [0.1, 0.15) is 16.8 Å². The number of aromatic nitrogens is 3. The van der Waals surface area contributed by atoms with E-state index in [1.807, 2.05) is 6.07 Å². The first-order valence-electron chi connectivity index (χ1n) is 27.7. The molecule has 0 amide bonds. The fourth-order valence-corrected chi connectivity index (χ4v) is 18.8. The van der Waals surface area contributed by atoms with Crippen LogP contribution in [-0.2, 0) is 10.8 Å². The Morgan fingerprint density at radius 2 is 0.887 bits per heavy atom. The Labute approximate surface area is 461 Å². The van der Waals surface area contributed by atoms with E-state index in [1.165, 1.54) is 104 Å². The van der Waals surface area contributed by atoms with E-state index >= 15 is 0 Å². The number of ether oxygens (including phenoxy) is 1. The predicted molar refractivity (Wildman–Crippen MR) is 324 cm³/mol. The largest absolute Gasteiger partial charge is 0.457 e. The molecule has 5 nitrogen and oxygen atoms in total. The highest BCUT2D eigenvalue weighted by Crippen LogP contribution is 2.65. The minimum Gasteiger partial charge on any atom is -0.457 e. The van der Waals surface area contributed by atoms with Crippen LogP contribution >= 0.6 is 7.53 Å². The smallest absolute Gasteiger partial charge is 0.206 e. The summed E-state index contributed by atoms with van der Waals surface area (Å²) in [4.78, 5) is 0. The molecule has 6 heteroatoms. The van der Waals surface area contributed by atoms with Gasteiger partial charge in [-0.2, -0.15) is 0 Å². The second-order valence-corrected chi connectivity index (χ2v) is 24.1. The number of allylic oxidation sites excluding steroid dienone is 2. The van der Waals surface area contributed by atoms with Crippen LogP contribution in [-0.4, -0.2) is 13.7 Å². The molecule has 12 aromatic rings. The monoisotopic (exact) mass is 1040 g/mol. The average Bonchev–Trinajstić information content (AvgIpc) is 3.97. The van der Waals surface area contributed by atoms with Gasteiger partial charge in [0.15, 0.2) is 35.8 Å². The van der Waals surface area contributed by atoms with Crippen molar-refractivity contribution in [3.8, 4) is 44.7 Å². The molecule has 0 N–H and O–H groups in total. The highest BCUT2D eigenvalue weighted by Gasteiger charge is 2.51. The fourth-order valence-electron chi connectivity index (χ4n) is 15.6. The molecule has 4 aliphatic heterocycles. The number of para-hydroxylation sites is 1. The van der Waals surface area contributed by atoms with Gasteiger partial charge in [0, 0.05) is 11.4 Å². The summed E-state index contributed by atoms with van der Waals surface area (Å²) in [5, 5.41) is 5.23. The van der Waals surface area contributed by atoms with Gasteiger partial charge >= 0.3 is 0 Å². The number of benzene rings is 11. The topological polar surface area (TPSA) is 37.2 Å². The molecule has 0 saturated carbocycles. The average molecular weight is 1040 g/mol. The summed E-state index contributed by atoms with van der Waals surface area (Å²) in [5.74, 6) is 1.75. The van der Waals surface area contributed by atoms with Crippen molar-refractivity contribution >= 4 is 57.5 Å². The summed E-state index contributed by atoms with van der Waals surface area (Å²) < 4.78 is 21.9. The van der Waals surface area contributed by atoms with E-state index in [-0.39, 0.29) is 6.04 Å². The maximum atomic E-state index is 7.07. The molecule has 5 heterocycles. The summed E-state index contributed by atoms with van der Waals surface area (Å²) in [7, 11) is -1.15. The van der Waals surface area contributed by atoms with Crippen LogP contribution in [0.15, 0.2) is 271 Å². The fraction of sp³-hybridized carbons (Fsp3) is 0.0405. The summed E-state index contributed by atoms with van der Waals surface area (Å²) in [6.07, 6.45) is 4.59. The van der Waals surface area contributed by atoms with Crippen LogP contribution in [0.2, 0.25) is 0 Å². The van der Waals surface area contributed by atoms with Crippen LogP contribution in [0.25, 0.3) is 88.9 Å². The van der Waals surface area contributed by atoms with Crippen LogP contribution in [0.4, 0.5) is 0 Å². The van der Waals surface area contributed by atoms with Gasteiger partial charge in [-0.15, -0.1) is 0 Å². The second-order valence-electron chi connectivity index (χ2n) is 22.0. The van der Waals surface area contributed by atoms with E-state index < -0.39 is 18.4 Å². The molecule has 2 unspecified atom stereocenters. The van der Waals surface area contributed by atoms with Crippen LogP contribution in [0.1, 0.15) is 55.8 Å². The zero-order valence-corrected chi connectivity index (χ0v) is 44.0. The molecule has 0 spiro atoms. The third kappa shape index (κ3) is 5.14. The van der Waals surface area contributed by atoms with Gasteiger partial charge in [0.25, 0.3) is 0 Å². The molecule has 0 bridgehead atoms. The van der Waals surface area contributed by atoms with Crippen LogP contribution < -0.4 is 10.1 Å². The Bertz CT molecular complexity index is 5080. The minimum atomic E-state index is -1.15. The molecule has 1 aromatic heterocycles. The van der Waals surface area contributed by atoms with E-state index in [0.29, 0.717) is 0 Å². The summed E-state index contributed by atoms with van der Waals surface area (Å²) in [6, 6.07) is 95.0. The van der Waals surface area contributed by atoms with E-state index in [2.05, 4.69) is 275 Å². The Kier molecular flexibility index (Phi) is 8.31. The molecular formula is C74H45N3O2P+. The third-order valence-corrected chi connectivity index (χ3v) is 21.2. The Balaban J connectivity index is 0.967. The maximum absolute atomic E-state index is 7.07. The molecule has 19 rings (SSSR count). The number of fused-ring (bicyclic) bond motifs is 6. The lowest BCUT2D eigenvalue weighted by atomic mass is 9.67. The molecule has 7 aliphatic rings. The molecule has 11 aromatic carbocycles. The van der Waals surface area contributed by atoms with E-state index in [1.54, 1.807) is 0 Å². The molecule has 372 valence electrons. The molecule has 0 fully saturated rings. The second kappa shape index (κ2) is 15.4. The molecule has 3 aliphatic carbocycles. The van der Waals surface area contributed by atoms with Gasteiger partial charge in [-0.05, 0) is 140 Å².